The third kappa shape index (κ3) is 4.95. The molecule has 0 spiro atoms. The van der Waals surface area contributed by atoms with Crippen molar-refractivity contribution in [3.63, 3.8) is 0 Å². The smallest absolute Gasteiger partial charge is 0.279 e. The van der Waals surface area contributed by atoms with Crippen molar-refractivity contribution >= 4 is 29.1 Å². The number of hydrogen-bond donors (Lipinski definition) is 2. The molecule has 0 heterocycles. The Morgan fingerprint density at radius 1 is 1.19 bits per heavy atom. The highest BCUT2D eigenvalue weighted by Crippen LogP contribution is 2.22. The molecule has 1 unspecified atom stereocenters. The van der Waals surface area contributed by atoms with E-state index in [-0.39, 0.29) is 16.3 Å². The Bertz CT molecular complexity index is 901. The first-order chi connectivity index (χ1) is 12.7. The van der Waals surface area contributed by atoms with E-state index in [1.807, 2.05) is 26.0 Å². The van der Waals surface area contributed by atoms with Gasteiger partial charge >= 0.3 is 0 Å². The van der Waals surface area contributed by atoms with Gasteiger partial charge in [-0.25, -0.2) is 0 Å². The van der Waals surface area contributed by atoms with Crippen LogP contribution in [-0.2, 0) is 4.79 Å². The highest BCUT2D eigenvalue weighted by Gasteiger charge is 2.19. The maximum Gasteiger partial charge on any atom is 0.279 e. The number of hydrogen-bond acceptors (Lipinski definition) is 5. The van der Waals surface area contributed by atoms with Gasteiger partial charge in [0.2, 0.25) is 0 Å². The SMILES string of the molecule is Cc1cccc(OC(C)C(=O)NNC(=O)c2cc([N+](=O)[O-])ccc2Cl)c1C. The molecule has 27 heavy (non-hydrogen) atoms. The highest BCUT2D eigenvalue weighted by atomic mass is 35.5. The number of nitro groups is 1. The number of aryl methyl sites for hydroxylation is 1. The van der Waals surface area contributed by atoms with Crippen LogP contribution in [0.1, 0.15) is 28.4 Å². The molecule has 0 fully saturated rings. The lowest BCUT2D eigenvalue weighted by molar-refractivity contribution is -0.384. The van der Waals surface area contributed by atoms with E-state index in [9.17, 15) is 19.7 Å². The molecule has 2 rings (SSSR count). The maximum atomic E-state index is 12.2. The number of nitro benzene ring substituents is 1. The Hall–Kier alpha value is -3.13. The minimum atomic E-state index is -0.883. The number of nitrogens with one attached hydrogen (secondary N) is 2. The summed E-state index contributed by atoms with van der Waals surface area (Å²) in [5, 5.41) is 10.8. The predicted octanol–water partition coefficient (Wildman–Crippen LogP) is 3.09. The van der Waals surface area contributed by atoms with Crippen LogP contribution in [0.4, 0.5) is 5.69 Å². The van der Waals surface area contributed by atoms with Gasteiger partial charge in [0.25, 0.3) is 17.5 Å². The number of amides is 2. The van der Waals surface area contributed by atoms with Gasteiger partial charge in [-0.05, 0) is 44.0 Å². The molecule has 0 bridgehead atoms. The van der Waals surface area contributed by atoms with E-state index in [2.05, 4.69) is 10.9 Å². The van der Waals surface area contributed by atoms with Gasteiger partial charge < -0.3 is 4.74 Å². The minimum Gasteiger partial charge on any atom is -0.481 e. The van der Waals surface area contributed by atoms with Gasteiger partial charge in [0.15, 0.2) is 6.10 Å². The molecule has 9 heteroatoms. The van der Waals surface area contributed by atoms with Crippen LogP contribution < -0.4 is 15.6 Å². The molecule has 1 atom stereocenters. The highest BCUT2D eigenvalue weighted by molar-refractivity contribution is 6.34. The van der Waals surface area contributed by atoms with Crippen LogP contribution in [-0.4, -0.2) is 22.8 Å². The minimum absolute atomic E-state index is 0.0204. The lowest BCUT2D eigenvalue weighted by Crippen LogP contribution is -2.47. The Labute approximate surface area is 160 Å². The van der Waals surface area contributed by atoms with E-state index in [1.165, 1.54) is 19.1 Å². The van der Waals surface area contributed by atoms with E-state index in [0.717, 1.165) is 17.2 Å². The number of halogens is 1. The lowest BCUT2D eigenvalue weighted by Gasteiger charge is -2.17. The monoisotopic (exact) mass is 391 g/mol. The van der Waals surface area contributed by atoms with Crippen molar-refractivity contribution in [1.29, 1.82) is 0 Å². The van der Waals surface area contributed by atoms with Gasteiger partial charge in [0, 0.05) is 12.1 Å². The van der Waals surface area contributed by atoms with Crippen LogP contribution in [0, 0.1) is 24.0 Å². The van der Waals surface area contributed by atoms with E-state index in [1.54, 1.807) is 6.07 Å². The van der Waals surface area contributed by atoms with Crippen LogP contribution in [0.15, 0.2) is 36.4 Å². The summed E-state index contributed by atoms with van der Waals surface area (Å²) >= 11 is 5.89. The average molecular weight is 392 g/mol. The molecule has 2 N–H and O–H groups in total. The molecular formula is C18H18ClN3O5. The number of carbonyl (C=O) groups is 2. The van der Waals surface area contributed by atoms with Crippen molar-refractivity contribution in [3.05, 3.63) is 68.2 Å². The number of benzene rings is 2. The van der Waals surface area contributed by atoms with Gasteiger partial charge in [0.1, 0.15) is 5.75 Å². The summed E-state index contributed by atoms with van der Waals surface area (Å²) in [6.45, 7) is 5.33. The normalized spacial score (nSPS) is 11.4. The molecule has 2 aromatic rings. The molecule has 8 nitrogen and oxygen atoms in total. The van der Waals surface area contributed by atoms with Gasteiger partial charge in [-0.2, -0.15) is 0 Å². The van der Waals surface area contributed by atoms with E-state index >= 15 is 0 Å². The summed E-state index contributed by atoms with van der Waals surface area (Å²) in [5.41, 5.74) is 5.90. The zero-order chi connectivity index (χ0) is 20.1. The van der Waals surface area contributed by atoms with Crippen LogP contribution in [0.2, 0.25) is 5.02 Å². The van der Waals surface area contributed by atoms with Crippen molar-refractivity contribution in [3.8, 4) is 5.75 Å². The Morgan fingerprint density at radius 3 is 2.56 bits per heavy atom. The summed E-state index contributed by atoms with van der Waals surface area (Å²) < 4.78 is 5.62. The number of rotatable bonds is 5. The quantitative estimate of drug-likeness (QED) is 0.601. The summed E-state index contributed by atoms with van der Waals surface area (Å²) in [4.78, 5) is 34.5. The van der Waals surface area contributed by atoms with Crippen molar-refractivity contribution in [1.82, 2.24) is 10.9 Å². The molecule has 0 saturated carbocycles. The van der Waals surface area contributed by atoms with Crippen LogP contribution in [0.5, 0.6) is 5.75 Å². The van der Waals surface area contributed by atoms with E-state index in [4.69, 9.17) is 16.3 Å². The zero-order valence-electron chi connectivity index (χ0n) is 14.9. The topological polar surface area (TPSA) is 111 Å². The maximum absolute atomic E-state index is 12.2. The fourth-order valence-corrected chi connectivity index (χ4v) is 2.39. The van der Waals surface area contributed by atoms with Crippen LogP contribution in [0.25, 0.3) is 0 Å². The Morgan fingerprint density at radius 2 is 1.89 bits per heavy atom. The van der Waals surface area contributed by atoms with Crippen molar-refractivity contribution in [2.45, 2.75) is 26.9 Å². The molecule has 0 aliphatic carbocycles. The standard InChI is InChI=1S/C18H18ClN3O5/c1-10-5-4-6-16(11(10)2)27-12(3)17(23)20-21-18(24)14-9-13(22(25)26)7-8-15(14)19/h4-9,12H,1-3H3,(H,20,23)(H,21,24). The van der Waals surface area contributed by atoms with Crippen molar-refractivity contribution < 1.29 is 19.2 Å². The van der Waals surface area contributed by atoms with Crippen molar-refractivity contribution in [2.75, 3.05) is 0 Å². The summed E-state index contributed by atoms with van der Waals surface area (Å²) in [5.74, 6) is -0.812. The fourth-order valence-electron chi connectivity index (χ4n) is 2.18. The Kier molecular flexibility index (Phi) is 6.36. The average Bonchev–Trinajstić information content (AvgIpc) is 2.63. The lowest BCUT2D eigenvalue weighted by atomic mass is 10.1. The zero-order valence-corrected chi connectivity index (χ0v) is 15.7. The van der Waals surface area contributed by atoms with E-state index < -0.39 is 22.8 Å². The largest absolute Gasteiger partial charge is 0.481 e. The molecule has 0 aliphatic heterocycles. The third-order valence-corrected chi connectivity index (χ3v) is 4.26. The van der Waals surface area contributed by atoms with E-state index in [0.29, 0.717) is 5.75 Å². The number of carbonyl (C=O) groups excluding carboxylic acids is 2. The molecule has 0 aliphatic rings. The molecule has 0 radical (unpaired) electrons. The molecule has 2 aromatic carbocycles. The third-order valence-electron chi connectivity index (χ3n) is 3.93. The number of nitrogens with zero attached hydrogens (tertiary/aromatic N) is 1. The molecule has 0 aromatic heterocycles. The number of ether oxygens (including phenoxy) is 1. The second-order valence-electron chi connectivity index (χ2n) is 5.82. The first-order valence-electron chi connectivity index (χ1n) is 7.97. The summed E-state index contributed by atoms with van der Waals surface area (Å²) in [6.07, 6.45) is -0.883. The van der Waals surface area contributed by atoms with Gasteiger partial charge in [-0.3, -0.25) is 30.6 Å². The molecule has 2 amide bonds. The van der Waals surface area contributed by atoms with Gasteiger partial charge in [-0.15, -0.1) is 0 Å². The second kappa shape index (κ2) is 8.50. The molecule has 0 saturated heterocycles. The summed E-state index contributed by atoms with van der Waals surface area (Å²) in [6, 6.07) is 8.93. The number of hydrazine groups is 1. The van der Waals surface area contributed by atoms with Crippen molar-refractivity contribution in [2.24, 2.45) is 0 Å². The Balaban J connectivity index is 2.00. The number of non-ortho nitro benzene ring substituents is 1. The predicted molar refractivity (Wildman–Crippen MR) is 99.7 cm³/mol. The fraction of sp³-hybridized carbons (Fsp3) is 0.222. The van der Waals surface area contributed by atoms with Crippen LogP contribution >= 0.6 is 11.6 Å². The molecule has 142 valence electrons. The van der Waals surface area contributed by atoms with Crippen LogP contribution in [0.3, 0.4) is 0 Å². The van der Waals surface area contributed by atoms with Gasteiger partial charge in [-0.1, -0.05) is 23.7 Å². The summed E-state index contributed by atoms with van der Waals surface area (Å²) in [7, 11) is 0. The second-order valence-corrected chi connectivity index (χ2v) is 6.23. The first-order valence-corrected chi connectivity index (χ1v) is 8.35. The van der Waals surface area contributed by atoms with Gasteiger partial charge in [0.05, 0.1) is 15.5 Å². The molecular weight excluding hydrogens is 374 g/mol. The first kappa shape index (κ1) is 20.2.